The van der Waals surface area contributed by atoms with E-state index in [0.717, 1.165) is 18.6 Å². The first-order chi connectivity index (χ1) is 9.04. The molecule has 1 atom stereocenters. The minimum atomic E-state index is -3.75. The summed E-state index contributed by atoms with van der Waals surface area (Å²) in [6, 6.07) is 3.70. The van der Waals surface area contributed by atoms with Crippen LogP contribution in [0, 0.1) is 0 Å². The average molecular weight is 280 g/mol. The van der Waals surface area contributed by atoms with Crippen molar-refractivity contribution < 1.29 is 13.2 Å². The Hall–Kier alpha value is -1.77. The fourth-order valence-electron chi connectivity index (χ4n) is 1.84. The maximum absolute atomic E-state index is 11.2. The number of nitrogens with zero attached hydrogens (tertiary/aromatic N) is 3. The van der Waals surface area contributed by atoms with Crippen molar-refractivity contribution in [3.63, 3.8) is 0 Å². The number of aromatic nitrogens is 3. The van der Waals surface area contributed by atoms with Crippen molar-refractivity contribution in [2.75, 3.05) is 6.61 Å². The standard InChI is InChI=1S/C11H12N4O3S/c12-19(16,17)9-6-14-15(7-9)11-5-8(1-3-13-11)10-2-4-18-10/h1,3,5-7,10H,2,4H2,(H2,12,16,17). The molecule has 7 nitrogen and oxygen atoms in total. The molecule has 0 radical (unpaired) electrons. The fourth-order valence-corrected chi connectivity index (χ4v) is 2.28. The van der Waals surface area contributed by atoms with E-state index < -0.39 is 10.0 Å². The molecule has 1 unspecified atom stereocenters. The summed E-state index contributed by atoms with van der Waals surface area (Å²) in [7, 11) is -3.75. The van der Waals surface area contributed by atoms with Gasteiger partial charge in [-0.3, -0.25) is 0 Å². The van der Waals surface area contributed by atoms with Gasteiger partial charge in [0.15, 0.2) is 5.82 Å². The van der Waals surface area contributed by atoms with Crippen LogP contribution in [0.3, 0.4) is 0 Å². The molecule has 8 heteroatoms. The predicted molar refractivity (Wildman–Crippen MR) is 66.0 cm³/mol. The highest BCUT2D eigenvalue weighted by atomic mass is 32.2. The lowest BCUT2D eigenvalue weighted by molar-refractivity contribution is -0.0527. The molecule has 2 aromatic heterocycles. The number of pyridine rings is 1. The van der Waals surface area contributed by atoms with Gasteiger partial charge in [-0.15, -0.1) is 0 Å². The molecule has 1 fully saturated rings. The van der Waals surface area contributed by atoms with Crippen LogP contribution in [0.2, 0.25) is 0 Å². The molecule has 3 heterocycles. The zero-order valence-electron chi connectivity index (χ0n) is 9.93. The number of ether oxygens (including phenoxy) is 1. The van der Waals surface area contributed by atoms with Crippen LogP contribution in [0.5, 0.6) is 0 Å². The molecule has 2 aromatic rings. The summed E-state index contributed by atoms with van der Waals surface area (Å²) in [5.74, 6) is 0.530. The molecule has 0 saturated carbocycles. The topological polar surface area (TPSA) is 100 Å². The van der Waals surface area contributed by atoms with E-state index in [2.05, 4.69) is 10.1 Å². The van der Waals surface area contributed by atoms with Gasteiger partial charge in [0.25, 0.3) is 0 Å². The lowest BCUT2D eigenvalue weighted by Crippen LogP contribution is -2.18. The molecule has 1 saturated heterocycles. The van der Waals surface area contributed by atoms with Crippen molar-refractivity contribution in [1.82, 2.24) is 14.8 Å². The van der Waals surface area contributed by atoms with Crippen molar-refractivity contribution >= 4 is 10.0 Å². The van der Waals surface area contributed by atoms with E-state index in [-0.39, 0.29) is 11.0 Å². The summed E-state index contributed by atoms with van der Waals surface area (Å²) in [5.41, 5.74) is 1.00. The summed E-state index contributed by atoms with van der Waals surface area (Å²) < 4.78 is 29.2. The molecule has 0 aromatic carbocycles. The first-order valence-electron chi connectivity index (χ1n) is 5.69. The maximum atomic E-state index is 11.2. The molecule has 0 bridgehead atoms. The van der Waals surface area contributed by atoms with Crippen molar-refractivity contribution in [3.8, 4) is 5.82 Å². The van der Waals surface area contributed by atoms with Gasteiger partial charge in [-0.2, -0.15) is 5.10 Å². The Labute approximate surface area is 110 Å². The highest BCUT2D eigenvalue weighted by Gasteiger charge is 2.21. The van der Waals surface area contributed by atoms with Gasteiger partial charge < -0.3 is 4.74 Å². The average Bonchev–Trinajstić information content (AvgIpc) is 2.75. The SMILES string of the molecule is NS(=O)(=O)c1cnn(-c2cc(C3CCO3)ccn2)c1. The van der Waals surface area contributed by atoms with E-state index in [9.17, 15) is 8.42 Å². The van der Waals surface area contributed by atoms with Crippen LogP contribution in [-0.4, -0.2) is 29.8 Å². The third-order valence-corrected chi connectivity index (χ3v) is 3.83. The molecule has 1 aliphatic heterocycles. The van der Waals surface area contributed by atoms with Crippen LogP contribution in [0.4, 0.5) is 0 Å². The Kier molecular flexibility index (Phi) is 2.85. The van der Waals surface area contributed by atoms with Crippen LogP contribution in [-0.2, 0) is 14.8 Å². The first kappa shape index (κ1) is 12.3. The first-order valence-corrected chi connectivity index (χ1v) is 7.24. The molecule has 3 rings (SSSR count). The van der Waals surface area contributed by atoms with E-state index in [0.29, 0.717) is 5.82 Å². The number of primary sulfonamides is 1. The van der Waals surface area contributed by atoms with E-state index in [1.54, 1.807) is 6.20 Å². The number of rotatable bonds is 3. The summed E-state index contributed by atoms with van der Waals surface area (Å²) >= 11 is 0. The lowest BCUT2D eigenvalue weighted by atomic mass is 10.0. The smallest absolute Gasteiger partial charge is 0.241 e. The van der Waals surface area contributed by atoms with Gasteiger partial charge in [-0.25, -0.2) is 23.2 Å². The van der Waals surface area contributed by atoms with E-state index >= 15 is 0 Å². The van der Waals surface area contributed by atoms with Crippen molar-refractivity contribution in [2.45, 2.75) is 17.4 Å². The minimum Gasteiger partial charge on any atom is -0.373 e. The lowest BCUT2D eigenvalue weighted by Gasteiger charge is -2.26. The molecular weight excluding hydrogens is 268 g/mol. The van der Waals surface area contributed by atoms with Gasteiger partial charge in [0.2, 0.25) is 10.0 Å². The maximum Gasteiger partial charge on any atom is 0.241 e. The van der Waals surface area contributed by atoms with Crippen molar-refractivity contribution in [3.05, 3.63) is 36.3 Å². The molecule has 0 amide bonds. The highest BCUT2D eigenvalue weighted by Crippen LogP contribution is 2.29. The van der Waals surface area contributed by atoms with Crippen LogP contribution in [0.25, 0.3) is 5.82 Å². The molecule has 100 valence electrons. The Morgan fingerprint density at radius 1 is 1.47 bits per heavy atom. The third kappa shape index (κ3) is 2.37. The second-order valence-corrected chi connectivity index (χ2v) is 5.82. The second kappa shape index (κ2) is 4.41. The van der Waals surface area contributed by atoms with Gasteiger partial charge >= 0.3 is 0 Å². The third-order valence-electron chi connectivity index (χ3n) is 2.96. The summed E-state index contributed by atoms with van der Waals surface area (Å²) in [6.45, 7) is 0.764. The number of nitrogens with two attached hydrogens (primary N) is 1. The van der Waals surface area contributed by atoms with Gasteiger partial charge in [0, 0.05) is 12.6 Å². The number of hydrogen-bond donors (Lipinski definition) is 1. The number of sulfonamides is 1. The van der Waals surface area contributed by atoms with E-state index in [1.165, 1.54) is 17.1 Å². The van der Waals surface area contributed by atoms with E-state index in [1.807, 2.05) is 12.1 Å². The van der Waals surface area contributed by atoms with Crippen LogP contribution >= 0.6 is 0 Å². The molecule has 0 spiro atoms. The normalized spacial score (nSPS) is 19.1. The summed E-state index contributed by atoms with van der Waals surface area (Å²) in [5, 5.41) is 8.99. The Bertz CT molecular complexity index is 706. The van der Waals surface area contributed by atoms with Gasteiger partial charge in [-0.05, 0) is 17.7 Å². The van der Waals surface area contributed by atoms with Gasteiger partial charge in [-0.1, -0.05) is 0 Å². The quantitative estimate of drug-likeness (QED) is 0.875. The highest BCUT2D eigenvalue weighted by molar-refractivity contribution is 7.89. The monoisotopic (exact) mass is 280 g/mol. The Morgan fingerprint density at radius 3 is 2.84 bits per heavy atom. The minimum absolute atomic E-state index is 0.0420. The Balaban J connectivity index is 1.95. The van der Waals surface area contributed by atoms with Gasteiger partial charge in [0.05, 0.1) is 25.1 Å². The van der Waals surface area contributed by atoms with Crippen LogP contribution in [0.15, 0.2) is 35.6 Å². The zero-order valence-corrected chi connectivity index (χ0v) is 10.7. The van der Waals surface area contributed by atoms with Crippen molar-refractivity contribution in [2.24, 2.45) is 5.14 Å². The molecular formula is C11H12N4O3S. The molecule has 0 aliphatic carbocycles. The summed E-state index contributed by atoms with van der Waals surface area (Å²) in [6.07, 6.45) is 5.25. The summed E-state index contributed by atoms with van der Waals surface area (Å²) in [4.78, 5) is 4.11. The van der Waals surface area contributed by atoms with E-state index in [4.69, 9.17) is 9.88 Å². The van der Waals surface area contributed by atoms with Gasteiger partial charge in [0.1, 0.15) is 4.90 Å². The Morgan fingerprint density at radius 2 is 2.26 bits per heavy atom. The zero-order chi connectivity index (χ0) is 13.5. The van der Waals surface area contributed by atoms with Crippen LogP contribution in [0.1, 0.15) is 18.1 Å². The molecule has 19 heavy (non-hydrogen) atoms. The predicted octanol–water partition coefficient (Wildman–Crippen LogP) is 0.376. The molecule has 1 aliphatic rings. The fraction of sp³-hybridized carbons (Fsp3) is 0.273. The van der Waals surface area contributed by atoms with Crippen molar-refractivity contribution in [1.29, 1.82) is 0 Å². The second-order valence-electron chi connectivity index (χ2n) is 4.26. The number of hydrogen-bond acceptors (Lipinski definition) is 5. The molecule has 2 N–H and O–H groups in total. The van der Waals surface area contributed by atoms with Crippen LogP contribution < -0.4 is 5.14 Å². The largest absolute Gasteiger partial charge is 0.373 e.